The van der Waals surface area contributed by atoms with Crippen LogP contribution < -0.4 is 15.0 Å². The van der Waals surface area contributed by atoms with E-state index >= 15 is 0 Å². The number of amides is 2. The minimum Gasteiger partial charge on any atom is -0.495 e. The zero-order chi connectivity index (χ0) is 25.7. The van der Waals surface area contributed by atoms with Crippen molar-refractivity contribution in [2.75, 3.05) is 43.5 Å². The van der Waals surface area contributed by atoms with Gasteiger partial charge < -0.3 is 19.9 Å². The third-order valence-corrected chi connectivity index (χ3v) is 7.11. The molecule has 1 heterocycles. The Hall–Kier alpha value is -2.81. The molecule has 0 radical (unpaired) electrons. The van der Waals surface area contributed by atoms with Crippen molar-refractivity contribution in [2.24, 2.45) is 0 Å². The van der Waals surface area contributed by atoms with Crippen LogP contribution in [0.3, 0.4) is 0 Å². The summed E-state index contributed by atoms with van der Waals surface area (Å²) >= 11 is 12.8. The molecule has 0 bridgehead atoms. The number of anilines is 2. The number of carbonyl (C=O) groups excluding carboxylic acids is 2. The Bertz CT molecular complexity index is 1270. The highest BCUT2D eigenvalue weighted by atomic mass is 79.9. The van der Waals surface area contributed by atoms with E-state index < -0.39 is 0 Å². The van der Waals surface area contributed by atoms with Crippen LogP contribution >= 0.6 is 43.5 Å². The summed E-state index contributed by atoms with van der Waals surface area (Å²) in [6.07, 6.45) is 3.18. The second kappa shape index (κ2) is 12.0. The van der Waals surface area contributed by atoms with Gasteiger partial charge in [-0.25, -0.2) is 0 Å². The first-order valence-electron chi connectivity index (χ1n) is 11.3. The Morgan fingerprint density at radius 2 is 1.64 bits per heavy atom. The second-order valence-electron chi connectivity index (χ2n) is 8.17. The van der Waals surface area contributed by atoms with Crippen molar-refractivity contribution in [3.63, 3.8) is 0 Å². The van der Waals surface area contributed by atoms with Gasteiger partial charge in [-0.1, -0.05) is 27.5 Å². The highest BCUT2D eigenvalue weighted by Gasteiger charge is 2.22. The topological polar surface area (TPSA) is 61.9 Å². The number of halogens is 3. The van der Waals surface area contributed by atoms with Crippen LogP contribution in [0, 0.1) is 0 Å². The number of nitrogens with one attached hydrogen (secondary N) is 1. The van der Waals surface area contributed by atoms with Gasteiger partial charge in [-0.2, -0.15) is 0 Å². The summed E-state index contributed by atoms with van der Waals surface area (Å²) in [6.45, 7) is 2.75. The average molecular weight is 634 g/mol. The SMILES string of the molecule is COc1c(Br)cc(Br)cc1C=CC(=O)Nc1ccc(N2CCN(C(=O)c3ccc(Cl)cc3)CC2)cc1. The normalized spacial score (nSPS) is 13.7. The molecule has 2 amide bonds. The highest BCUT2D eigenvalue weighted by molar-refractivity contribution is 9.11. The molecule has 0 spiro atoms. The largest absolute Gasteiger partial charge is 0.495 e. The van der Waals surface area contributed by atoms with Crippen LogP contribution in [0.25, 0.3) is 6.08 Å². The van der Waals surface area contributed by atoms with Gasteiger partial charge >= 0.3 is 0 Å². The molecular weight excluding hydrogens is 610 g/mol. The van der Waals surface area contributed by atoms with Crippen molar-refractivity contribution >= 4 is 72.7 Å². The van der Waals surface area contributed by atoms with E-state index in [0.717, 1.165) is 33.3 Å². The number of methoxy groups -OCH3 is 1. The number of hydrogen-bond acceptors (Lipinski definition) is 4. The quantitative estimate of drug-likeness (QED) is 0.316. The van der Waals surface area contributed by atoms with E-state index in [4.69, 9.17) is 16.3 Å². The van der Waals surface area contributed by atoms with Crippen LogP contribution in [0.5, 0.6) is 5.75 Å². The molecule has 6 nitrogen and oxygen atoms in total. The van der Waals surface area contributed by atoms with Crippen LogP contribution in [0.15, 0.2) is 75.7 Å². The van der Waals surface area contributed by atoms with Crippen LogP contribution in [0.2, 0.25) is 5.02 Å². The van der Waals surface area contributed by atoms with Gasteiger partial charge in [0, 0.05) is 64.3 Å². The minimum absolute atomic E-state index is 0.0188. The van der Waals surface area contributed by atoms with Crippen molar-refractivity contribution in [1.29, 1.82) is 0 Å². The van der Waals surface area contributed by atoms with E-state index in [1.807, 2.05) is 41.3 Å². The maximum Gasteiger partial charge on any atom is 0.253 e. The number of nitrogens with zero attached hydrogens (tertiary/aromatic N) is 2. The lowest BCUT2D eigenvalue weighted by Gasteiger charge is -2.36. The molecule has 1 N–H and O–H groups in total. The van der Waals surface area contributed by atoms with Gasteiger partial charge in [0.25, 0.3) is 5.91 Å². The number of hydrogen-bond donors (Lipinski definition) is 1. The zero-order valence-corrected chi connectivity index (χ0v) is 23.4. The van der Waals surface area contributed by atoms with Crippen molar-refractivity contribution in [2.45, 2.75) is 0 Å². The highest BCUT2D eigenvalue weighted by Crippen LogP contribution is 2.33. The third kappa shape index (κ3) is 6.49. The minimum atomic E-state index is -0.241. The van der Waals surface area contributed by atoms with E-state index in [9.17, 15) is 9.59 Å². The first kappa shape index (κ1) is 26.3. The van der Waals surface area contributed by atoms with E-state index in [1.165, 1.54) is 6.08 Å². The van der Waals surface area contributed by atoms with Gasteiger partial charge in [-0.15, -0.1) is 0 Å². The van der Waals surface area contributed by atoms with E-state index in [-0.39, 0.29) is 11.8 Å². The van der Waals surface area contributed by atoms with Crippen molar-refractivity contribution in [3.05, 3.63) is 91.8 Å². The molecule has 0 saturated carbocycles. The Morgan fingerprint density at radius 1 is 0.972 bits per heavy atom. The molecule has 1 fully saturated rings. The van der Waals surface area contributed by atoms with Gasteiger partial charge in [0.1, 0.15) is 5.75 Å². The van der Waals surface area contributed by atoms with Crippen LogP contribution in [-0.2, 0) is 4.79 Å². The second-order valence-corrected chi connectivity index (χ2v) is 10.4. The maximum absolute atomic E-state index is 12.7. The molecule has 1 aliphatic heterocycles. The van der Waals surface area contributed by atoms with E-state index in [2.05, 4.69) is 42.1 Å². The van der Waals surface area contributed by atoms with Crippen LogP contribution in [-0.4, -0.2) is 50.0 Å². The lowest BCUT2D eigenvalue weighted by molar-refractivity contribution is -0.111. The molecule has 0 unspecified atom stereocenters. The number of ether oxygens (including phenoxy) is 1. The van der Waals surface area contributed by atoms with E-state index in [1.54, 1.807) is 37.5 Å². The molecule has 4 rings (SSSR count). The first-order chi connectivity index (χ1) is 17.3. The Labute approximate surface area is 232 Å². The smallest absolute Gasteiger partial charge is 0.253 e. The van der Waals surface area contributed by atoms with Gasteiger partial charge in [0.2, 0.25) is 5.91 Å². The summed E-state index contributed by atoms with van der Waals surface area (Å²) in [6, 6.07) is 18.5. The Balaban J connectivity index is 1.32. The molecule has 0 aliphatic carbocycles. The summed E-state index contributed by atoms with van der Waals surface area (Å²) in [4.78, 5) is 29.3. The monoisotopic (exact) mass is 631 g/mol. The third-order valence-electron chi connectivity index (χ3n) is 5.81. The van der Waals surface area contributed by atoms with E-state index in [0.29, 0.717) is 35.1 Å². The molecule has 1 saturated heterocycles. The van der Waals surface area contributed by atoms with Crippen molar-refractivity contribution in [1.82, 2.24) is 4.90 Å². The number of benzene rings is 3. The lowest BCUT2D eigenvalue weighted by Crippen LogP contribution is -2.48. The predicted octanol–water partition coefficient (Wildman–Crippen LogP) is 6.49. The molecule has 3 aromatic carbocycles. The fourth-order valence-electron chi connectivity index (χ4n) is 3.97. The lowest BCUT2D eigenvalue weighted by atomic mass is 10.1. The Morgan fingerprint density at radius 3 is 2.28 bits per heavy atom. The van der Waals surface area contributed by atoms with Gasteiger partial charge in [0.15, 0.2) is 0 Å². The van der Waals surface area contributed by atoms with Crippen LogP contribution in [0.4, 0.5) is 11.4 Å². The number of rotatable bonds is 6. The standard InChI is InChI=1S/C27H24Br2ClN3O3/c1-36-26-19(16-20(28)17-24(26)29)4-11-25(34)31-22-7-9-23(10-8-22)32-12-14-33(15-13-32)27(35)18-2-5-21(30)6-3-18/h2-11,16-17H,12-15H2,1H3,(H,31,34). The summed E-state index contributed by atoms with van der Waals surface area (Å²) in [5, 5.41) is 3.50. The summed E-state index contributed by atoms with van der Waals surface area (Å²) in [5.41, 5.74) is 3.17. The summed E-state index contributed by atoms with van der Waals surface area (Å²) in [5.74, 6) is 0.432. The van der Waals surface area contributed by atoms with Crippen molar-refractivity contribution < 1.29 is 14.3 Å². The van der Waals surface area contributed by atoms with Gasteiger partial charge in [0.05, 0.1) is 11.6 Å². The first-order valence-corrected chi connectivity index (χ1v) is 13.2. The number of carbonyl (C=O) groups is 2. The molecule has 36 heavy (non-hydrogen) atoms. The number of piperazine rings is 1. The molecule has 3 aromatic rings. The maximum atomic E-state index is 12.7. The Kier molecular flexibility index (Phi) is 8.72. The average Bonchev–Trinajstić information content (AvgIpc) is 2.88. The molecule has 0 aromatic heterocycles. The van der Waals surface area contributed by atoms with Crippen LogP contribution in [0.1, 0.15) is 15.9 Å². The van der Waals surface area contributed by atoms with Crippen molar-refractivity contribution in [3.8, 4) is 5.75 Å². The zero-order valence-electron chi connectivity index (χ0n) is 19.5. The van der Waals surface area contributed by atoms with Gasteiger partial charge in [-0.05, 0) is 82.7 Å². The molecular formula is C27H24Br2ClN3O3. The predicted molar refractivity (Wildman–Crippen MR) is 152 cm³/mol. The molecule has 9 heteroatoms. The molecule has 1 aliphatic rings. The summed E-state index contributed by atoms with van der Waals surface area (Å²) < 4.78 is 7.09. The molecule has 0 atom stereocenters. The fourth-order valence-corrected chi connectivity index (χ4v) is 5.51. The fraction of sp³-hybridized carbons (Fsp3) is 0.185. The van der Waals surface area contributed by atoms with Gasteiger partial charge in [-0.3, -0.25) is 9.59 Å². The summed E-state index contributed by atoms with van der Waals surface area (Å²) in [7, 11) is 1.59. The molecule has 186 valence electrons.